The van der Waals surface area contributed by atoms with Crippen LogP contribution in [0.4, 0.5) is 5.13 Å². The van der Waals surface area contributed by atoms with E-state index in [1.807, 2.05) is 6.20 Å². The summed E-state index contributed by atoms with van der Waals surface area (Å²) < 4.78 is 0. The number of likely N-dealkylation sites (tertiary alicyclic amines) is 1. The van der Waals surface area contributed by atoms with Gasteiger partial charge in [0.25, 0.3) is 0 Å². The fourth-order valence-electron chi connectivity index (χ4n) is 3.65. The van der Waals surface area contributed by atoms with Crippen LogP contribution < -0.4 is 4.90 Å². The predicted molar refractivity (Wildman–Crippen MR) is 117 cm³/mol. The molecule has 8 nitrogen and oxygen atoms in total. The maximum atomic E-state index is 4.86. The van der Waals surface area contributed by atoms with Gasteiger partial charge in [0.1, 0.15) is 0 Å². The van der Waals surface area contributed by atoms with Crippen LogP contribution in [-0.4, -0.2) is 67.8 Å². The monoisotopic (exact) mass is 426 g/mol. The van der Waals surface area contributed by atoms with Gasteiger partial charge in [-0.25, -0.2) is 19.9 Å². The van der Waals surface area contributed by atoms with Crippen molar-refractivity contribution in [3.63, 3.8) is 0 Å². The molecule has 0 aromatic carbocycles. The second-order valence-electron chi connectivity index (χ2n) is 7.53. The van der Waals surface area contributed by atoms with Gasteiger partial charge in [0.2, 0.25) is 0 Å². The first-order valence-corrected chi connectivity index (χ1v) is 11.2. The summed E-state index contributed by atoms with van der Waals surface area (Å²) in [5.74, 6) is 0.631. The SMILES string of the molecule is CC1CC(N(C)c2nc3sc(-c4ncc(-c5cn[nH]c5)cn4)nc3s2)CCN1C. The number of aromatic nitrogens is 6. The highest BCUT2D eigenvalue weighted by Gasteiger charge is 2.27. The van der Waals surface area contributed by atoms with Gasteiger partial charge >= 0.3 is 0 Å². The summed E-state index contributed by atoms with van der Waals surface area (Å²) in [6.07, 6.45) is 9.51. The van der Waals surface area contributed by atoms with E-state index in [0.29, 0.717) is 17.9 Å². The van der Waals surface area contributed by atoms with Crippen LogP contribution in [0.1, 0.15) is 19.8 Å². The van der Waals surface area contributed by atoms with Crippen LogP contribution in [-0.2, 0) is 0 Å². The molecular weight excluding hydrogens is 404 g/mol. The first kappa shape index (κ1) is 18.6. The van der Waals surface area contributed by atoms with E-state index in [4.69, 9.17) is 9.97 Å². The van der Waals surface area contributed by atoms with Gasteiger partial charge in [0, 0.05) is 55.4 Å². The van der Waals surface area contributed by atoms with E-state index >= 15 is 0 Å². The molecule has 4 aromatic heterocycles. The third-order valence-electron chi connectivity index (χ3n) is 5.67. The van der Waals surface area contributed by atoms with Crippen molar-refractivity contribution in [3.05, 3.63) is 24.8 Å². The Labute approximate surface area is 176 Å². The van der Waals surface area contributed by atoms with Gasteiger partial charge < -0.3 is 9.80 Å². The normalized spacial score (nSPS) is 20.4. The number of H-pyrrole nitrogens is 1. The van der Waals surface area contributed by atoms with Crippen molar-refractivity contribution < 1.29 is 0 Å². The van der Waals surface area contributed by atoms with Crippen LogP contribution in [0, 0.1) is 0 Å². The Morgan fingerprint density at radius 2 is 1.90 bits per heavy atom. The Hall–Kier alpha value is -2.43. The molecule has 4 aromatic rings. The Morgan fingerprint density at radius 3 is 2.59 bits per heavy atom. The van der Waals surface area contributed by atoms with Crippen LogP contribution in [0.25, 0.3) is 31.6 Å². The second-order valence-corrected chi connectivity index (χ2v) is 9.46. The lowest BCUT2D eigenvalue weighted by molar-refractivity contribution is 0.181. The van der Waals surface area contributed by atoms with Crippen LogP contribution in [0.2, 0.25) is 0 Å². The minimum Gasteiger partial charge on any atom is -0.348 e. The largest absolute Gasteiger partial charge is 0.348 e. The molecule has 0 spiro atoms. The van der Waals surface area contributed by atoms with Crippen molar-refractivity contribution in [3.8, 4) is 22.0 Å². The van der Waals surface area contributed by atoms with Gasteiger partial charge in [0.05, 0.1) is 6.20 Å². The first-order valence-electron chi connectivity index (χ1n) is 9.60. The van der Waals surface area contributed by atoms with Crippen molar-refractivity contribution in [2.75, 3.05) is 25.5 Å². The summed E-state index contributed by atoms with van der Waals surface area (Å²) in [6.45, 7) is 3.43. The molecule has 0 bridgehead atoms. The zero-order valence-electron chi connectivity index (χ0n) is 16.5. The van der Waals surface area contributed by atoms with Crippen LogP contribution in [0.15, 0.2) is 24.8 Å². The molecule has 2 unspecified atom stereocenters. The topological polar surface area (TPSA) is 86.7 Å². The van der Waals surface area contributed by atoms with E-state index in [1.165, 1.54) is 6.42 Å². The molecule has 150 valence electrons. The third kappa shape index (κ3) is 3.52. The van der Waals surface area contributed by atoms with Gasteiger partial charge in [-0.1, -0.05) is 22.7 Å². The second kappa shape index (κ2) is 7.43. The molecule has 2 atom stereocenters. The highest BCUT2D eigenvalue weighted by atomic mass is 32.1. The summed E-state index contributed by atoms with van der Waals surface area (Å²) in [5, 5.41) is 8.61. The number of anilines is 1. The molecule has 29 heavy (non-hydrogen) atoms. The highest BCUT2D eigenvalue weighted by molar-refractivity contribution is 7.29. The molecular formula is C19H22N8S2. The molecule has 1 saturated heterocycles. The van der Waals surface area contributed by atoms with Crippen LogP contribution in [0.3, 0.4) is 0 Å². The Kier molecular flexibility index (Phi) is 4.76. The van der Waals surface area contributed by atoms with E-state index in [1.54, 1.807) is 41.3 Å². The molecule has 1 aliphatic heterocycles. The molecule has 0 aliphatic carbocycles. The van der Waals surface area contributed by atoms with Crippen LogP contribution >= 0.6 is 22.7 Å². The highest BCUT2D eigenvalue weighted by Crippen LogP contribution is 2.36. The maximum Gasteiger partial charge on any atom is 0.188 e. The number of aromatic amines is 1. The number of nitrogens with zero attached hydrogens (tertiary/aromatic N) is 7. The summed E-state index contributed by atoms with van der Waals surface area (Å²) in [5.41, 5.74) is 1.89. The number of hydrogen-bond acceptors (Lipinski definition) is 9. The van der Waals surface area contributed by atoms with Crippen LogP contribution in [0.5, 0.6) is 0 Å². The molecule has 0 amide bonds. The Balaban J connectivity index is 1.35. The fourth-order valence-corrected chi connectivity index (χ4v) is 5.67. The molecule has 1 fully saturated rings. The van der Waals surface area contributed by atoms with Crippen molar-refractivity contribution >= 4 is 37.5 Å². The summed E-state index contributed by atoms with van der Waals surface area (Å²) in [7, 11) is 4.36. The molecule has 5 rings (SSSR count). The molecule has 5 heterocycles. The predicted octanol–water partition coefficient (Wildman–Crippen LogP) is 3.52. The lowest BCUT2D eigenvalue weighted by Gasteiger charge is -2.39. The molecule has 0 radical (unpaired) electrons. The number of rotatable bonds is 4. The molecule has 1 N–H and O–H groups in total. The van der Waals surface area contributed by atoms with Crippen molar-refractivity contribution in [1.82, 2.24) is 35.0 Å². The average Bonchev–Trinajstić information content (AvgIpc) is 3.46. The van der Waals surface area contributed by atoms with Gasteiger partial charge in [-0.05, 0) is 26.8 Å². The minimum absolute atomic E-state index is 0.528. The lowest BCUT2D eigenvalue weighted by Crippen LogP contribution is -2.46. The zero-order chi connectivity index (χ0) is 20.0. The van der Waals surface area contributed by atoms with Gasteiger partial charge in [-0.2, -0.15) is 5.10 Å². The van der Waals surface area contributed by atoms with Crippen molar-refractivity contribution in [2.24, 2.45) is 0 Å². The fraction of sp³-hybridized carbons (Fsp3) is 0.421. The van der Waals surface area contributed by atoms with Crippen molar-refractivity contribution in [1.29, 1.82) is 0 Å². The number of hydrogen-bond donors (Lipinski definition) is 1. The molecule has 1 aliphatic rings. The Bertz CT molecular complexity index is 1070. The van der Waals surface area contributed by atoms with Gasteiger partial charge in [0.15, 0.2) is 25.6 Å². The first-order chi connectivity index (χ1) is 14.1. The van der Waals surface area contributed by atoms with Crippen molar-refractivity contribution in [2.45, 2.75) is 31.8 Å². The summed E-state index contributed by atoms with van der Waals surface area (Å²) in [4.78, 5) is 25.2. The van der Waals surface area contributed by atoms with E-state index in [-0.39, 0.29) is 0 Å². The number of fused-ring (bicyclic) bond motifs is 1. The molecule has 0 saturated carbocycles. The van der Waals surface area contributed by atoms with E-state index < -0.39 is 0 Å². The van der Waals surface area contributed by atoms with Gasteiger partial charge in [-0.15, -0.1) is 0 Å². The van der Waals surface area contributed by atoms with E-state index in [9.17, 15) is 0 Å². The van der Waals surface area contributed by atoms with Gasteiger partial charge in [-0.3, -0.25) is 5.10 Å². The number of piperidine rings is 1. The standard InChI is InChI=1S/C19H22N8S2/c1-11-6-14(4-5-26(11)2)27(3)19-25-18-17(29-19)24-16(28-18)15-20-7-12(8-21-15)13-9-22-23-10-13/h7-11,14H,4-6H2,1-3H3,(H,22,23). The minimum atomic E-state index is 0.528. The summed E-state index contributed by atoms with van der Waals surface area (Å²) in [6, 6.07) is 1.13. The zero-order valence-corrected chi connectivity index (χ0v) is 18.2. The average molecular weight is 427 g/mol. The third-order valence-corrected chi connectivity index (χ3v) is 7.78. The Morgan fingerprint density at radius 1 is 1.10 bits per heavy atom. The lowest BCUT2D eigenvalue weighted by atomic mass is 9.98. The van der Waals surface area contributed by atoms with E-state index in [0.717, 1.165) is 43.9 Å². The molecule has 10 heteroatoms. The number of nitrogens with one attached hydrogen (secondary N) is 1. The van der Waals surface area contributed by atoms with E-state index in [2.05, 4.69) is 51.0 Å². The number of thiazole rings is 2. The maximum absolute atomic E-state index is 4.86. The smallest absolute Gasteiger partial charge is 0.188 e. The quantitative estimate of drug-likeness (QED) is 0.534. The summed E-state index contributed by atoms with van der Waals surface area (Å²) >= 11 is 3.20.